The molecule has 0 bridgehead atoms. The van der Waals surface area contributed by atoms with Crippen molar-refractivity contribution in [3.8, 4) is 5.75 Å². The Labute approximate surface area is 151 Å². The van der Waals surface area contributed by atoms with E-state index in [4.69, 9.17) is 4.74 Å². The molecule has 0 aliphatic carbocycles. The minimum atomic E-state index is -0.474. The highest BCUT2D eigenvalue weighted by atomic mass is 19.1. The lowest BCUT2D eigenvalue weighted by Gasteiger charge is -2.19. The SMILES string of the molecule is COc1ccc(C(NC(=O)c2ccc(C)c(F)c2)c2nccn2C)cc1. The maximum absolute atomic E-state index is 13.8. The van der Waals surface area contributed by atoms with Gasteiger partial charge in [0.05, 0.1) is 7.11 Å². The zero-order valence-electron chi connectivity index (χ0n) is 14.9. The van der Waals surface area contributed by atoms with Crippen LogP contribution in [0.3, 0.4) is 0 Å². The van der Waals surface area contributed by atoms with Crippen molar-refractivity contribution in [1.82, 2.24) is 14.9 Å². The van der Waals surface area contributed by atoms with E-state index in [0.29, 0.717) is 11.4 Å². The van der Waals surface area contributed by atoms with Gasteiger partial charge < -0.3 is 14.6 Å². The third-order valence-electron chi connectivity index (χ3n) is 4.28. The Balaban J connectivity index is 1.94. The maximum Gasteiger partial charge on any atom is 0.252 e. The van der Waals surface area contributed by atoms with E-state index in [0.717, 1.165) is 11.3 Å². The number of aromatic nitrogens is 2. The lowest BCUT2D eigenvalue weighted by Crippen LogP contribution is -2.31. The summed E-state index contributed by atoms with van der Waals surface area (Å²) in [5.41, 5.74) is 1.61. The molecule has 0 radical (unpaired) electrons. The van der Waals surface area contributed by atoms with Gasteiger partial charge in [-0.3, -0.25) is 4.79 Å². The predicted molar refractivity (Wildman–Crippen MR) is 96.6 cm³/mol. The van der Waals surface area contributed by atoms with Gasteiger partial charge in [-0.2, -0.15) is 0 Å². The number of nitrogens with zero attached hydrogens (tertiary/aromatic N) is 2. The summed E-state index contributed by atoms with van der Waals surface area (Å²) in [5.74, 6) is 0.624. The molecule has 1 N–H and O–H groups in total. The van der Waals surface area contributed by atoms with E-state index >= 15 is 0 Å². The number of imidazole rings is 1. The number of benzene rings is 2. The van der Waals surface area contributed by atoms with Crippen molar-refractivity contribution >= 4 is 5.91 Å². The molecule has 1 unspecified atom stereocenters. The number of methoxy groups -OCH3 is 1. The van der Waals surface area contributed by atoms with E-state index in [1.54, 1.807) is 32.4 Å². The van der Waals surface area contributed by atoms with Crippen LogP contribution in [0.4, 0.5) is 4.39 Å². The Morgan fingerprint density at radius 2 is 1.96 bits per heavy atom. The number of hydrogen-bond acceptors (Lipinski definition) is 3. The summed E-state index contributed by atoms with van der Waals surface area (Å²) < 4.78 is 20.8. The van der Waals surface area contributed by atoms with Crippen molar-refractivity contribution in [2.75, 3.05) is 7.11 Å². The molecule has 1 heterocycles. The van der Waals surface area contributed by atoms with Crippen molar-refractivity contribution in [2.24, 2.45) is 7.05 Å². The normalized spacial score (nSPS) is 11.8. The number of carbonyl (C=O) groups excluding carboxylic acids is 1. The standard InChI is InChI=1S/C20H20FN3O2/c1-13-4-5-15(12-17(13)21)20(25)23-18(19-22-10-11-24(19)2)14-6-8-16(26-3)9-7-14/h4-12,18H,1-3H3,(H,23,25). The first-order valence-electron chi connectivity index (χ1n) is 8.18. The average Bonchev–Trinajstić information content (AvgIpc) is 3.07. The monoisotopic (exact) mass is 353 g/mol. The van der Waals surface area contributed by atoms with Gasteiger partial charge in [0.1, 0.15) is 23.4 Å². The number of hydrogen-bond donors (Lipinski definition) is 1. The lowest BCUT2D eigenvalue weighted by molar-refractivity contribution is 0.0940. The van der Waals surface area contributed by atoms with E-state index in [1.807, 2.05) is 42.1 Å². The molecule has 0 saturated heterocycles. The number of amides is 1. The highest BCUT2D eigenvalue weighted by Gasteiger charge is 2.22. The highest BCUT2D eigenvalue weighted by Crippen LogP contribution is 2.23. The van der Waals surface area contributed by atoms with Crippen molar-refractivity contribution in [2.45, 2.75) is 13.0 Å². The Hall–Kier alpha value is -3.15. The second-order valence-corrected chi connectivity index (χ2v) is 6.04. The Morgan fingerprint density at radius 3 is 2.54 bits per heavy atom. The molecule has 134 valence electrons. The van der Waals surface area contributed by atoms with Crippen LogP contribution >= 0.6 is 0 Å². The molecule has 1 atom stereocenters. The van der Waals surface area contributed by atoms with Crippen LogP contribution in [0.5, 0.6) is 5.75 Å². The van der Waals surface area contributed by atoms with Crippen LogP contribution < -0.4 is 10.1 Å². The number of carbonyl (C=O) groups is 1. The Morgan fingerprint density at radius 1 is 1.23 bits per heavy atom. The smallest absolute Gasteiger partial charge is 0.252 e. The third-order valence-corrected chi connectivity index (χ3v) is 4.28. The van der Waals surface area contributed by atoms with Crippen LogP contribution in [-0.2, 0) is 7.05 Å². The molecule has 3 rings (SSSR count). The average molecular weight is 353 g/mol. The zero-order chi connectivity index (χ0) is 18.7. The van der Waals surface area contributed by atoms with Crippen LogP contribution in [0.2, 0.25) is 0 Å². The minimum absolute atomic E-state index is 0.265. The molecule has 5 nitrogen and oxygen atoms in total. The van der Waals surface area contributed by atoms with Gasteiger partial charge in [0.25, 0.3) is 5.91 Å². The van der Waals surface area contributed by atoms with Gasteiger partial charge in [0, 0.05) is 25.0 Å². The van der Waals surface area contributed by atoms with E-state index in [-0.39, 0.29) is 11.5 Å². The first-order valence-corrected chi connectivity index (χ1v) is 8.18. The fraction of sp³-hybridized carbons (Fsp3) is 0.200. The molecule has 6 heteroatoms. The molecule has 0 spiro atoms. The summed E-state index contributed by atoms with van der Waals surface area (Å²) in [7, 11) is 3.45. The summed E-state index contributed by atoms with van der Waals surface area (Å²) in [5, 5.41) is 2.95. The fourth-order valence-corrected chi connectivity index (χ4v) is 2.70. The van der Waals surface area contributed by atoms with Crippen LogP contribution in [-0.4, -0.2) is 22.6 Å². The Bertz CT molecular complexity index is 919. The summed E-state index contributed by atoms with van der Waals surface area (Å²) >= 11 is 0. The van der Waals surface area contributed by atoms with Gasteiger partial charge in [0.15, 0.2) is 0 Å². The van der Waals surface area contributed by atoms with Gasteiger partial charge in [-0.25, -0.2) is 9.37 Å². The molecular formula is C20H20FN3O2. The summed E-state index contributed by atoms with van der Waals surface area (Å²) in [6.07, 6.45) is 3.48. The van der Waals surface area contributed by atoms with Crippen LogP contribution in [0.15, 0.2) is 54.9 Å². The molecule has 1 aromatic heterocycles. The van der Waals surface area contributed by atoms with Gasteiger partial charge >= 0.3 is 0 Å². The van der Waals surface area contributed by atoms with Gasteiger partial charge in [-0.05, 0) is 42.3 Å². The molecule has 2 aromatic carbocycles. The fourth-order valence-electron chi connectivity index (χ4n) is 2.70. The number of rotatable bonds is 5. The van der Waals surface area contributed by atoms with E-state index in [9.17, 15) is 9.18 Å². The van der Waals surface area contributed by atoms with Crippen LogP contribution in [0.25, 0.3) is 0 Å². The summed E-state index contributed by atoms with van der Waals surface area (Å²) in [4.78, 5) is 17.0. The van der Waals surface area contributed by atoms with Gasteiger partial charge in [-0.15, -0.1) is 0 Å². The molecule has 3 aromatic rings. The van der Waals surface area contributed by atoms with Crippen molar-refractivity contribution in [3.63, 3.8) is 0 Å². The topological polar surface area (TPSA) is 56.1 Å². The largest absolute Gasteiger partial charge is 0.497 e. The Kier molecular flexibility index (Phi) is 5.02. The van der Waals surface area contributed by atoms with Crippen molar-refractivity contribution in [3.05, 3.63) is 83.2 Å². The predicted octanol–water partition coefficient (Wildman–Crippen LogP) is 3.40. The number of aryl methyl sites for hydroxylation is 2. The lowest BCUT2D eigenvalue weighted by atomic mass is 10.0. The summed E-state index contributed by atoms with van der Waals surface area (Å²) in [6.45, 7) is 1.66. The summed E-state index contributed by atoms with van der Waals surface area (Å²) in [6, 6.07) is 11.4. The number of halogens is 1. The zero-order valence-corrected chi connectivity index (χ0v) is 14.9. The molecule has 26 heavy (non-hydrogen) atoms. The molecule has 0 saturated carbocycles. The number of ether oxygens (including phenoxy) is 1. The third kappa shape index (κ3) is 3.59. The highest BCUT2D eigenvalue weighted by molar-refractivity contribution is 5.94. The van der Waals surface area contributed by atoms with Crippen molar-refractivity contribution < 1.29 is 13.9 Å². The maximum atomic E-state index is 13.8. The minimum Gasteiger partial charge on any atom is -0.497 e. The molecule has 0 aliphatic heterocycles. The van der Waals surface area contributed by atoms with E-state index in [2.05, 4.69) is 10.3 Å². The first kappa shape index (κ1) is 17.7. The van der Waals surface area contributed by atoms with Crippen LogP contribution in [0.1, 0.15) is 33.4 Å². The van der Waals surface area contributed by atoms with Crippen LogP contribution in [0, 0.1) is 12.7 Å². The van der Waals surface area contributed by atoms with Gasteiger partial charge in [0.2, 0.25) is 0 Å². The second kappa shape index (κ2) is 7.39. The molecular weight excluding hydrogens is 333 g/mol. The van der Waals surface area contributed by atoms with Crippen molar-refractivity contribution in [1.29, 1.82) is 0 Å². The molecule has 1 amide bonds. The van der Waals surface area contributed by atoms with E-state index in [1.165, 1.54) is 6.07 Å². The quantitative estimate of drug-likeness (QED) is 0.765. The molecule has 0 aliphatic rings. The first-order chi connectivity index (χ1) is 12.5. The van der Waals surface area contributed by atoms with Gasteiger partial charge in [-0.1, -0.05) is 18.2 Å². The second-order valence-electron chi connectivity index (χ2n) is 6.04. The molecule has 0 fully saturated rings. The van der Waals surface area contributed by atoms with E-state index < -0.39 is 11.9 Å². The number of nitrogens with one attached hydrogen (secondary N) is 1.